The van der Waals surface area contributed by atoms with Crippen molar-refractivity contribution in [2.24, 2.45) is 0 Å². The van der Waals surface area contributed by atoms with Crippen LogP contribution in [0.25, 0.3) is 0 Å². The van der Waals surface area contributed by atoms with E-state index in [-0.39, 0.29) is 69.7 Å². The maximum Gasteiger partial charge on any atom is 0.417 e. The minimum atomic E-state index is -2.59. The molecule has 16 nitrogen and oxygen atoms in total. The Balaban J connectivity index is 1.21. The number of aliphatic hydroxyl groups is 1. The van der Waals surface area contributed by atoms with E-state index in [4.69, 9.17) is 32.8 Å². The maximum atomic E-state index is 14.6. The fraction of sp³-hybridized carbons (Fsp3) is 0.500. The summed E-state index contributed by atoms with van der Waals surface area (Å²) >= 11 is 2.22. The number of ether oxygens (including phenoxy) is 6. The van der Waals surface area contributed by atoms with Gasteiger partial charge in [0.15, 0.2) is 43.8 Å². The van der Waals surface area contributed by atoms with E-state index in [0.29, 0.717) is 12.8 Å². The van der Waals surface area contributed by atoms with Crippen LogP contribution in [-0.2, 0) is 27.1 Å². The van der Waals surface area contributed by atoms with Gasteiger partial charge in [-0.15, -0.1) is 0 Å². The first-order valence-electron chi connectivity index (χ1n) is 23.4. The molecule has 4 aliphatic rings. The van der Waals surface area contributed by atoms with E-state index in [1.54, 1.807) is 64.8 Å². The van der Waals surface area contributed by atoms with E-state index in [0.717, 1.165) is 30.7 Å². The van der Waals surface area contributed by atoms with Gasteiger partial charge in [0.2, 0.25) is 0 Å². The third kappa shape index (κ3) is 10.8. The molecule has 0 saturated heterocycles. The molecule has 378 valence electrons. The van der Waals surface area contributed by atoms with Gasteiger partial charge < -0.3 is 47.8 Å². The highest BCUT2D eigenvalue weighted by Crippen LogP contribution is 2.47. The zero-order valence-electron chi connectivity index (χ0n) is 42.9. The Kier molecular flexibility index (Phi) is 14.5. The monoisotopic (exact) mass is 1090 g/mol. The third-order valence-corrected chi connectivity index (χ3v) is 18.0. The van der Waals surface area contributed by atoms with Gasteiger partial charge >= 0.3 is 12.2 Å². The van der Waals surface area contributed by atoms with Crippen molar-refractivity contribution in [2.45, 2.75) is 156 Å². The topological polar surface area (TPSA) is 166 Å². The lowest BCUT2D eigenvalue weighted by Gasteiger charge is -2.44. The molecule has 18 heteroatoms. The zero-order chi connectivity index (χ0) is 51.6. The molecule has 70 heavy (non-hydrogen) atoms. The molecule has 3 aromatic carbocycles. The molecule has 0 aromatic heterocycles. The summed E-state index contributed by atoms with van der Waals surface area (Å²) in [6.07, 6.45) is 0.599. The normalized spacial score (nSPS) is 20.4. The average molecular weight is 1100 g/mol. The SMILES string of the molecule is COc1cc2c(cc1OCc1cc(I)cc(COc3cc4c(cc3OC)C(=O)N3C=C(C)C[C@H]3[C@H](O[Si](C)(C)C(C)(C)C)N4C(=O)OC(C)(C)C)c1)N(C(=O)OC(C)(C)C)[C@@H](O)[C@@H]1CC(C)=CN1C2=O. The lowest BCUT2D eigenvalue weighted by atomic mass is 10.1. The van der Waals surface area contributed by atoms with Crippen molar-refractivity contribution in [2.75, 3.05) is 24.0 Å². The Hall–Kier alpha value is -5.31. The van der Waals surface area contributed by atoms with Gasteiger partial charge in [0.1, 0.15) is 24.4 Å². The number of hydrogen-bond donors (Lipinski definition) is 1. The number of fused-ring (bicyclic) bond motifs is 4. The second-order valence-corrected chi connectivity index (χ2v) is 27.9. The van der Waals surface area contributed by atoms with E-state index in [9.17, 15) is 24.3 Å². The number of carbonyl (C=O) groups excluding carboxylic acids is 4. The number of amides is 4. The molecule has 0 unspecified atom stereocenters. The first kappa shape index (κ1) is 52.5. The first-order chi connectivity index (χ1) is 32.5. The van der Waals surface area contributed by atoms with Gasteiger partial charge in [0, 0.05) is 28.1 Å². The molecule has 0 radical (unpaired) electrons. The van der Waals surface area contributed by atoms with Gasteiger partial charge in [-0.05, 0) is 150 Å². The average Bonchev–Trinajstić information content (AvgIpc) is 3.80. The number of aliphatic hydroxyl groups excluding tert-OH is 1. The number of methoxy groups -OCH3 is 2. The Labute approximate surface area is 426 Å². The van der Waals surface area contributed by atoms with Gasteiger partial charge in [0.05, 0.1) is 48.8 Å². The standard InChI is InChI=1S/C52H67IN4O12Si/c1-29-16-38-46(60)56(48(61)67-50(3,4)5)36-23-42(40(63-12)21-34(36)44(58)54(38)25-29)65-27-31-18-32(20-33(53)19-31)28-66-43-24-37-35(22-41(43)64-13)45(59)55-26-30(2)17-39(55)47(69-70(14,15)52(9,10)11)57(37)49(62)68-51(6,7)8/h18-26,38-39,46-47,60H,16-17,27-28H2,1-15H3/t38-,39-,46-,47-/m0/s1. The molecule has 1 N–H and O–H groups in total. The van der Waals surface area contributed by atoms with E-state index < -0.39 is 62.2 Å². The number of anilines is 2. The molecule has 4 atom stereocenters. The van der Waals surface area contributed by atoms with Gasteiger partial charge in [-0.3, -0.25) is 9.59 Å². The lowest BCUT2D eigenvalue weighted by Crippen LogP contribution is -2.58. The lowest BCUT2D eigenvalue weighted by molar-refractivity contribution is 0.0335. The van der Waals surface area contributed by atoms with Crippen molar-refractivity contribution in [3.63, 3.8) is 0 Å². The summed E-state index contributed by atoms with van der Waals surface area (Å²) in [6.45, 7) is 25.1. The van der Waals surface area contributed by atoms with Crippen molar-refractivity contribution in [3.8, 4) is 23.0 Å². The zero-order valence-corrected chi connectivity index (χ0v) is 46.1. The molecule has 4 amide bonds. The van der Waals surface area contributed by atoms with Crippen molar-refractivity contribution < 1.29 is 57.1 Å². The second-order valence-electron chi connectivity index (χ2n) is 21.9. The predicted molar refractivity (Wildman–Crippen MR) is 276 cm³/mol. The second kappa shape index (κ2) is 19.4. The quantitative estimate of drug-likeness (QED) is 0.151. The van der Waals surface area contributed by atoms with E-state index in [2.05, 4.69) is 56.5 Å². The molecule has 3 aromatic rings. The molecular weight excluding hydrogens is 1030 g/mol. The Morgan fingerprint density at radius 3 is 1.53 bits per heavy atom. The first-order valence-corrected chi connectivity index (χ1v) is 27.4. The van der Waals surface area contributed by atoms with Crippen molar-refractivity contribution >= 4 is 66.3 Å². The van der Waals surface area contributed by atoms with Crippen LogP contribution in [0.15, 0.2) is 66.0 Å². The van der Waals surface area contributed by atoms with Crippen LogP contribution in [0.3, 0.4) is 0 Å². The fourth-order valence-electron chi connectivity index (χ4n) is 8.67. The maximum absolute atomic E-state index is 14.6. The molecule has 0 fully saturated rings. The Morgan fingerprint density at radius 2 is 1.09 bits per heavy atom. The van der Waals surface area contributed by atoms with Crippen LogP contribution in [0.5, 0.6) is 23.0 Å². The Morgan fingerprint density at radius 1 is 0.657 bits per heavy atom. The van der Waals surface area contributed by atoms with Crippen LogP contribution in [0.2, 0.25) is 18.1 Å². The summed E-state index contributed by atoms with van der Waals surface area (Å²) < 4.78 is 44.4. The highest BCUT2D eigenvalue weighted by Gasteiger charge is 2.51. The van der Waals surface area contributed by atoms with E-state index in [1.807, 2.05) is 38.2 Å². The highest BCUT2D eigenvalue weighted by molar-refractivity contribution is 14.1. The van der Waals surface area contributed by atoms with E-state index in [1.165, 1.54) is 36.2 Å². The summed E-state index contributed by atoms with van der Waals surface area (Å²) in [7, 11) is 0.366. The highest BCUT2D eigenvalue weighted by atomic mass is 127. The summed E-state index contributed by atoms with van der Waals surface area (Å²) in [5.74, 6) is 0.328. The molecule has 4 aliphatic heterocycles. The predicted octanol–water partition coefficient (Wildman–Crippen LogP) is 10.9. The minimum Gasteiger partial charge on any atom is -0.493 e. The molecular formula is C52H67IN4O12Si. The number of nitrogens with zero attached hydrogens (tertiary/aromatic N) is 4. The van der Waals surface area contributed by atoms with Gasteiger partial charge in [-0.2, -0.15) is 0 Å². The van der Waals surface area contributed by atoms with Crippen molar-refractivity contribution in [1.82, 2.24) is 9.80 Å². The Bertz CT molecular complexity index is 2650. The van der Waals surface area contributed by atoms with Gasteiger partial charge in [0.25, 0.3) is 11.8 Å². The molecule has 7 rings (SSSR count). The smallest absolute Gasteiger partial charge is 0.417 e. The molecule has 0 aliphatic carbocycles. The molecule has 0 spiro atoms. The summed E-state index contributed by atoms with van der Waals surface area (Å²) in [5.41, 5.74) is 2.39. The number of hydrogen-bond acceptors (Lipinski definition) is 12. The summed E-state index contributed by atoms with van der Waals surface area (Å²) in [5, 5.41) is 11.5. The van der Waals surface area contributed by atoms with Crippen molar-refractivity contribution in [3.05, 3.63) is 91.8 Å². The minimum absolute atomic E-state index is 0.0366. The number of carbonyl (C=O) groups is 4. The van der Waals surface area contributed by atoms with Crippen LogP contribution < -0.4 is 28.7 Å². The van der Waals surface area contributed by atoms with Crippen LogP contribution >= 0.6 is 22.6 Å². The largest absolute Gasteiger partial charge is 0.493 e. The van der Waals surface area contributed by atoms with Crippen LogP contribution in [0.1, 0.15) is 121 Å². The molecule has 4 heterocycles. The summed E-state index contributed by atoms with van der Waals surface area (Å²) in [4.78, 5) is 62.9. The molecule has 0 bridgehead atoms. The van der Waals surface area contributed by atoms with Crippen LogP contribution in [0.4, 0.5) is 21.0 Å². The van der Waals surface area contributed by atoms with Gasteiger partial charge in [-0.25, -0.2) is 19.4 Å². The van der Waals surface area contributed by atoms with Crippen LogP contribution in [-0.4, -0.2) is 97.2 Å². The summed E-state index contributed by atoms with van der Waals surface area (Å²) in [6, 6.07) is 10.9. The number of benzene rings is 3. The molecule has 0 saturated carbocycles. The fourth-order valence-corrected chi connectivity index (χ4v) is 10.7. The number of rotatable bonds is 10. The van der Waals surface area contributed by atoms with Gasteiger partial charge in [-0.1, -0.05) is 31.9 Å². The third-order valence-electron chi connectivity index (χ3n) is 12.9. The number of halogens is 1. The van der Waals surface area contributed by atoms with E-state index >= 15 is 0 Å². The van der Waals surface area contributed by atoms with Crippen LogP contribution in [0, 0.1) is 3.57 Å². The van der Waals surface area contributed by atoms with Crippen molar-refractivity contribution in [1.29, 1.82) is 0 Å².